The molecule has 0 aliphatic rings. The number of esters is 3. The Kier molecular flexibility index (Phi) is 5.56. The standard InChI is InChI=1S/C9H14O8/c1-15-5(10)4-9(14,8(13)17-3)6(11)7(12)16-2/h6,11,14H,4H2,1-3H3/t6-,9+/m1/s1. The van der Waals surface area contributed by atoms with Crippen LogP contribution in [-0.4, -0.2) is 61.2 Å². The van der Waals surface area contributed by atoms with Crippen LogP contribution in [0.25, 0.3) is 0 Å². The molecule has 98 valence electrons. The number of carbonyl (C=O) groups excluding carboxylic acids is 3. The molecule has 8 nitrogen and oxygen atoms in total. The number of hydrogen-bond acceptors (Lipinski definition) is 8. The zero-order valence-electron chi connectivity index (χ0n) is 9.63. The van der Waals surface area contributed by atoms with Crippen molar-refractivity contribution in [1.82, 2.24) is 0 Å². The molecule has 0 bridgehead atoms. The van der Waals surface area contributed by atoms with Crippen molar-refractivity contribution in [3.8, 4) is 0 Å². The maximum atomic E-state index is 11.3. The molecule has 0 spiro atoms. The van der Waals surface area contributed by atoms with Gasteiger partial charge in [0.1, 0.15) is 0 Å². The quantitative estimate of drug-likeness (QED) is 0.424. The molecule has 0 aromatic carbocycles. The minimum atomic E-state index is -2.74. The van der Waals surface area contributed by atoms with Crippen LogP contribution in [0.5, 0.6) is 0 Å². The fourth-order valence-electron chi connectivity index (χ4n) is 1.06. The van der Waals surface area contributed by atoms with E-state index in [-0.39, 0.29) is 0 Å². The first kappa shape index (κ1) is 15.3. The number of methoxy groups -OCH3 is 3. The van der Waals surface area contributed by atoms with Gasteiger partial charge in [0.05, 0.1) is 27.8 Å². The van der Waals surface area contributed by atoms with Gasteiger partial charge in [-0.25, -0.2) is 9.59 Å². The highest BCUT2D eigenvalue weighted by Gasteiger charge is 2.51. The average molecular weight is 250 g/mol. The third kappa shape index (κ3) is 3.40. The molecule has 2 atom stereocenters. The summed E-state index contributed by atoms with van der Waals surface area (Å²) in [6.07, 6.45) is -3.19. The number of rotatable bonds is 5. The molecule has 0 saturated carbocycles. The van der Waals surface area contributed by atoms with E-state index in [0.717, 1.165) is 21.3 Å². The number of aliphatic hydroxyl groups excluding tert-OH is 1. The van der Waals surface area contributed by atoms with Crippen molar-refractivity contribution in [1.29, 1.82) is 0 Å². The number of aliphatic hydroxyl groups is 2. The van der Waals surface area contributed by atoms with E-state index in [1.165, 1.54) is 0 Å². The smallest absolute Gasteiger partial charge is 0.341 e. The van der Waals surface area contributed by atoms with E-state index < -0.39 is 36.0 Å². The first-order chi connectivity index (χ1) is 7.83. The Morgan fingerprint density at radius 1 is 1.12 bits per heavy atom. The van der Waals surface area contributed by atoms with Crippen LogP contribution in [-0.2, 0) is 28.6 Å². The lowest BCUT2D eigenvalue weighted by Gasteiger charge is -2.27. The first-order valence-electron chi connectivity index (χ1n) is 4.47. The van der Waals surface area contributed by atoms with Crippen LogP contribution in [0.3, 0.4) is 0 Å². The third-order valence-electron chi connectivity index (χ3n) is 2.06. The predicted octanol–water partition coefficient (Wildman–Crippen LogP) is -2.01. The van der Waals surface area contributed by atoms with Crippen LogP contribution in [0, 0.1) is 0 Å². The average Bonchev–Trinajstić information content (AvgIpc) is 2.35. The lowest BCUT2D eigenvalue weighted by Crippen LogP contribution is -2.55. The number of carbonyl (C=O) groups is 3. The van der Waals surface area contributed by atoms with Gasteiger partial charge < -0.3 is 24.4 Å². The minimum absolute atomic E-state index is 0.925. The molecular weight excluding hydrogens is 236 g/mol. The Hall–Kier alpha value is -1.67. The summed E-state index contributed by atoms with van der Waals surface area (Å²) in [4.78, 5) is 33.4. The van der Waals surface area contributed by atoms with Crippen LogP contribution in [0.1, 0.15) is 6.42 Å². The third-order valence-corrected chi connectivity index (χ3v) is 2.06. The van der Waals surface area contributed by atoms with E-state index in [0.29, 0.717) is 0 Å². The molecule has 0 aliphatic heterocycles. The molecule has 0 amide bonds. The largest absolute Gasteiger partial charge is 0.469 e. The number of ether oxygens (including phenoxy) is 3. The zero-order chi connectivity index (χ0) is 13.6. The van der Waals surface area contributed by atoms with Gasteiger partial charge in [-0.1, -0.05) is 0 Å². The molecule has 0 aliphatic carbocycles. The topological polar surface area (TPSA) is 119 Å². The second-order valence-electron chi connectivity index (χ2n) is 3.09. The van der Waals surface area contributed by atoms with Gasteiger partial charge >= 0.3 is 17.9 Å². The van der Waals surface area contributed by atoms with Gasteiger partial charge in [0.2, 0.25) is 5.60 Å². The molecule has 0 aromatic heterocycles. The normalized spacial score (nSPS) is 15.4. The van der Waals surface area contributed by atoms with Crippen molar-refractivity contribution in [2.24, 2.45) is 0 Å². The van der Waals surface area contributed by atoms with Crippen molar-refractivity contribution in [3.05, 3.63) is 0 Å². The summed E-state index contributed by atoms with van der Waals surface area (Å²) in [6, 6.07) is 0. The van der Waals surface area contributed by atoms with Gasteiger partial charge in [0.25, 0.3) is 0 Å². The van der Waals surface area contributed by atoms with Crippen molar-refractivity contribution < 1.29 is 38.8 Å². The Balaban J connectivity index is 5.16. The van der Waals surface area contributed by atoms with Gasteiger partial charge in [-0.3, -0.25) is 4.79 Å². The Morgan fingerprint density at radius 2 is 1.65 bits per heavy atom. The molecular formula is C9H14O8. The van der Waals surface area contributed by atoms with Gasteiger partial charge in [0.15, 0.2) is 6.10 Å². The Morgan fingerprint density at radius 3 is 2.00 bits per heavy atom. The highest BCUT2D eigenvalue weighted by Crippen LogP contribution is 2.19. The summed E-state index contributed by atoms with van der Waals surface area (Å²) in [5.74, 6) is -3.62. The molecule has 0 saturated heterocycles. The summed E-state index contributed by atoms with van der Waals surface area (Å²) in [5.41, 5.74) is -2.74. The van der Waals surface area contributed by atoms with Crippen LogP contribution < -0.4 is 0 Å². The van der Waals surface area contributed by atoms with E-state index in [1.54, 1.807) is 0 Å². The molecule has 8 heteroatoms. The molecule has 0 unspecified atom stereocenters. The van der Waals surface area contributed by atoms with Crippen molar-refractivity contribution in [3.63, 3.8) is 0 Å². The van der Waals surface area contributed by atoms with Gasteiger partial charge in [-0.05, 0) is 0 Å². The van der Waals surface area contributed by atoms with Gasteiger partial charge in [-0.2, -0.15) is 0 Å². The molecule has 0 aromatic rings. The van der Waals surface area contributed by atoms with Crippen molar-refractivity contribution in [2.75, 3.05) is 21.3 Å². The van der Waals surface area contributed by atoms with Gasteiger partial charge in [0, 0.05) is 0 Å². The van der Waals surface area contributed by atoms with Crippen LogP contribution >= 0.6 is 0 Å². The SMILES string of the molecule is COC(=O)C[C@@](O)(C(=O)OC)[C@H](O)C(=O)OC. The Bertz CT molecular complexity index is 312. The molecule has 0 fully saturated rings. The fourth-order valence-corrected chi connectivity index (χ4v) is 1.06. The van der Waals surface area contributed by atoms with E-state index >= 15 is 0 Å². The Labute approximate surface area is 97.1 Å². The van der Waals surface area contributed by atoms with Crippen LogP contribution in [0.2, 0.25) is 0 Å². The first-order valence-corrected chi connectivity index (χ1v) is 4.47. The van der Waals surface area contributed by atoms with E-state index in [1.807, 2.05) is 0 Å². The van der Waals surface area contributed by atoms with Crippen LogP contribution in [0.4, 0.5) is 0 Å². The second-order valence-corrected chi connectivity index (χ2v) is 3.09. The lowest BCUT2D eigenvalue weighted by molar-refractivity contribution is -0.191. The molecule has 17 heavy (non-hydrogen) atoms. The summed E-state index contributed by atoms with van der Waals surface area (Å²) in [5, 5.41) is 19.3. The zero-order valence-corrected chi connectivity index (χ0v) is 9.63. The summed E-state index contributed by atoms with van der Waals surface area (Å²) in [7, 11) is 2.89. The second kappa shape index (κ2) is 6.16. The van der Waals surface area contributed by atoms with Crippen LogP contribution in [0.15, 0.2) is 0 Å². The maximum Gasteiger partial charge on any atom is 0.341 e. The maximum absolute atomic E-state index is 11.3. The summed E-state index contributed by atoms with van der Waals surface area (Å²) >= 11 is 0. The molecule has 2 N–H and O–H groups in total. The summed E-state index contributed by atoms with van der Waals surface area (Å²) < 4.78 is 12.6. The van der Waals surface area contributed by atoms with E-state index in [9.17, 15) is 24.6 Å². The number of hydrogen-bond donors (Lipinski definition) is 2. The fraction of sp³-hybridized carbons (Fsp3) is 0.667. The van der Waals surface area contributed by atoms with E-state index in [4.69, 9.17) is 0 Å². The molecule has 0 heterocycles. The minimum Gasteiger partial charge on any atom is -0.469 e. The molecule has 0 rings (SSSR count). The summed E-state index contributed by atoms with van der Waals surface area (Å²) in [6.45, 7) is 0. The highest BCUT2D eigenvalue weighted by atomic mass is 16.6. The monoisotopic (exact) mass is 250 g/mol. The molecule has 0 radical (unpaired) electrons. The van der Waals surface area contributed by atoms with E-state index in [2.05, 4.69) is 14.2 Å². The lowest BCUT2D eigenvalue weighted by atomic mass is 9.92. The van der Waals surface area contributed by atoms with Gasteiger partial charge in [-0.15, -0.1) is 0 Å². The van der Waals surface area contributed by atoms with Crippen molar-refractivity contribution >= 4 is 17.9 Å². The highest BCUT2D eigenvalue weighted by molar-refractivity contribution is 5.92. The predicted molar refractivity (Wildman–Crippen MR) is 51.6 cm³/mol. The van der Waals surface area contributed by atoms with Crippen molar-refractivity contribution in [2.45, 2.75) is 18.1 Å².